The molecule has 1 saturated heterocycles. The summed E-state index contributed by atoms with van der Waals surface area (Å²) < 4.78 is 2.12. The van der Waals surface area contributed by atoms with Crippen LogP contribution in [-0.4, -0.2) is 40.9 Å². The lowest BCUT2D eigenvalue weighted by Crippen LogP contribution is -2.43. The van der Waals surface area contributed by atoms with Crippen molar-refractivity contribution < 1.29 is 0 Å². The zero-order valence-electron chi connectivity index (χ0n) is 16.0. The molecule has 1 aliphatic carbocycles. The predicted octanol–water partition coefficient (Wildman–Crippen LogP) is 3.63. The number of halogens is 1. The number of piperazine rings is 1. The molecule has 6 heteroatoms. The lowest BCUT2D eigenvalue weighted by Gasteiger charge is -2.29. The van der Waals surface area contributed by atoms with E-state index in [1.165, 1.54) is 11.3 Å². The van der Waals surface area contributed by atoms with Crippen LogP contribution in [-0.2, 0) is 12.5 Å². The van der Waals surface area contributed by atoms with Gasteiger partial charge in [-0.15, -0.1) is 10.2 Å². The average Bonchev–Trinajstić information content (AvgIpc) is 3.46. The summed E-state index contributed by atoms with van der Waals surface area (Å²) >= 11 is 6.69. The van der Waals surface area contributed by atoms with Crippen LogP contribution in [0.1, 0.15) is 24.2 Å². The molecule has 2 aliphatic rings. The van der Waals surface area contributed by atoms with Crippen molar-refractivity contribution in [3.05, 3.63) is 64.9 Å². The fourth-order valence-corrected chi connectivity index (χ4v) is 4.57. The highest BCUT2D eigenvalue weighted by Crippen LogP contribution is 2.53. The average molecular weight is 394 g/mol. The molecule has 0 spiro atoms. The number of rotatable bonds is 4. The van der Waals surface area contributed by atoms with Gasteiger partial charge in [-0.3, -0.25) is 0 Å². The largest absolute Gasteiger partial charge is 0.369 e. The molecule has 2 fully saturated rings. The quantitative estimate of drug-likeness (QED) is 0.735. The Bertz CT molecular complexity index is 987. The molecule has 5 rings (SSSR count). The molecule has 2 heterocycles. The van der Waals surface area contributed by atoms with Gasteiger partial charge in [0.1, 0.15) is 5.82 Å². The minimum atomic E-state index is -0.00548. The highest BCUT2D eigenvalue weighted by atomic mass is 35.5. The van der Waals surface area contributed by atoms with Crippen LogP contribution in [0.2, 0.25) is 5.02 Å². The first-order valence-electron chi connectivity index (χ1n) is 9.90. The minimum Gasteiger partial charge on any atom is -0.369 e. The van der Waals surface area contributed by atoms with Gasteiger partial charge in [0.2, 0.25) is 0 Å². The molecule has 0 unspecified atom stereocenters. The SMILES string of the molecule is Cn1c(-c2ccc(N3CCNCC3)cc2Cl)nnc1C1(c2ccccc2)CC1. The van der Waals surface area contributed by atoms with Crippen LogP contribution in [0.5, 0.6) is 0 Å². The molecule has 0 radical (unpaired) electrons. The van der Waals surface area contributed by atoms with Crippen LogP contribution < -0.4 is 10.2 Å². The standard InChI is InChI=1S/C22H24ClN5/c1-27-20(18-8-7-17(15-19(18)23)28-13-11-24-12-14-28)25-26-21(27)22(9-10-22)16-5-3-2-4-6-16/h2-8,15,24H,9-14H2,1H3. The molecule has 1 aromatic heterocycles. The van der Waals surface area contributed by atoms with Crippen LogP contribution in [0.4, 0.5) is 5.69 Å². The van der Waals surface area contributed by atoms with Crippen molar-refractivity contribution in [1.29, 1.82) is 0 Å². The van der Waals surface area contributed by atoms with Gasteiger partial charge in [0.25, 0.3) is 0 Å². The zero-order chi connectivity index (χ0) is 19.1. The molecule has 28 heavy (non-hydrogen) atoms. The van der Waals surface area contributed by atoms with Gasteiger partial charge in [-0.25, -0.2) is 0 Å². The maximum absolute atomic E-state index is 6.69. The van der Waals surface area contributed by atoms with Gasteiger partial charge >= 0.3 is 0 Å². The van der Waals surface area contributed by atoms with Crippen molar-refractivity contribution in [2.24, 2.45) is 7.05 Å². The van der Waals surface area contributed by atoms with Crippen molar-refractivity contribution in [2.75, 3.05) is 31.1 Å². The molecular formula is C22H24ClN5. The van der Waals surface area contributed by atoms with E-state index in [2.05, 4.69) is 73.5 Å². The highest BCUT2D eigenvalue weighted by Gasteiger charge is 2.49. The summed E-state index contributed by atoms with van der Waals surface area (Å²) in [7, 11) is 2.05. The molecule has 0 bridgehead atoms. The second-order valence-corrected chi connectivity index (χ2v) is 8.16. The maximum Gasteiger partial charge on any atom is 0.165 e. The summed E-state index contributed by atoms with van der Waals surface area (Å²) in [6.07, 6.45) is 2.22. The Morgan fingerprint density at radius 1 is 1.00 bits per heavy atom. The predicted molar refractivity (Wildman–Crippen MR) is 113 cm³/mol. The van der Waals surface area contributed by atoms with E-state index in [0.717, 1.165) is 61.3 Å². The summed E-state index contributed by atoms with van der Waals surface area (Å²) in [4.78, 5) is 2.36. The van der Waals surface area contributed by atoms with Gasteiger partial charge in [0.05, 0.1) is 10.4 Å². The topological polar surface area (TPSA) is 46.0 Å². The second kappa shape index (κ2) is 6.90. The smallest absolute Gasteiger partial charge is 0.165 e. The first kappa shape index (κ1) is 17.7. The third-order valence-corrected chi connectivity index (χ3v) is 6.37. The lowest BCUT2D eigenvalue weighted by atomic mass is 9.95. The van der Waals surface area contributed by atoms with Crippen LogP contribution in [0.3, 0.4) is 0 Å². The van der Waals surface area contributed by atoms with Gasteiger partial charge in [-0.2, -0.15) is 0 Å². The van der Waals surface area contributed by atoms with E-state index in [-0.39, 0.29) is 5.41 Å². The maximum atomic E-state index is 6.69. The molecule has 1 saturated carbocycles. The number of nitrogens with zero attached hydrogens (tertiary/aromatic N) is 4. The van der Waals surface area contributed by atoms with E-state index in [4.69, 9.17) is 11.6 Å². The van der Waals surface area contributed by atoms with Crippen molar-refractivity contribution >= 4 is 17.3 Å². The van der Waals surface area contributed by atoms with Crippen LogP contribution in [0, 0.1) is 0 Å². The van der Waals surface area contributed by atoms with E-state index >= 15 is 0 Å². The number of hydrogen-bond acceptors (Lipinski definition) is 4. The Balaban J connectivity index is 1.48. The van der Waals surface area contributed by atoms with E-state index in [9.17, 15) is 0 Å². The van der Waals surface area contributed by atoms with Crippen molar-refractivity contribution in [1.82, 2.24) is 20.1 Å². The monoisotopic (exact) mass is 393 g/mol. The number of hydrogen-bond donors (Lipinski definition) is 1. The Hall–Kier alpha value is -2.37. The normalized spacial score (nSPS) is 18.3. The van der Waals surface area contributed by atoms with E-state index in [1.54, 1.807) is 0 Å². The lowest BCUT2D eigenvalue weighted by molar-refractivity contribution is 0.589. The molecule has 3 aromatic rings. The van der Waals surface area contributed by atoms with Gasteiger partial charge in [-0.1, -0.05) is 41.9 Å². The summed E-state index contributed by atoms with van der Waals surface area (Å²) in [6.45, 7) is 4.02. The van der Waals surface area contributed by atoms with Crippen molar-refractivity contribution in [3.63, 3.8) is 0 Å². The summed E-state index contributed by atoms with van der Waals surface area (Å²) in [5.74, 6) is 1.85. The molecule has 1 aliphatic heterocycles. The first-order valence-corrected chi connectivity index (χ1v) is 10.3. The molecular weight excluding hydrogens is 370 g/mol. The first-order chi connectivity index (χ1) is 13.7. The van der Waals surface area contributed by atoms with Crippen LogP contribution >= 0.6 is 11.6 Å². The third kappa shape index (κ3) is 2.90. The molecule has 5 nitrogen and oxygen atoms in total. The summed E-state index contributed by atoms with van der Waals surface area (Å²) in [6, 6.07) is 16.9. The number of benzene rings is 2. The van der Waals surface area contributed by atoms with Gasteiger partial charge in [0.15, 0.2) is 5.82 Å². The van der Waals surface area contributed by atoms with Crippen molar-refractivity contribution in [2.45, 2.75) is 18.3 Å². The fraction of sp³-hybridized carbons (Fsp3) is 0.364. The minimum absolute atomic E-state index is 0.00548. The van der Waals surface area contributed by atoms with Gasteiger partial charge in [-0.05, 0) is 36.6 Å². The zero-order valence-corrected chi connectivity index (χ0v) is 16.8. The Labute approximate surface area is 170 Å². The van der Waals surface area contributed by atoms with Gasteiger partial charge < -0.3 is 14.8 Å². The molecule has 1 N–H and O–H groups in total. The Morgan fingerprint density at radius 3 is 2.43 bits per heavy atom. The van der Waals surface area contributed by atoms with Crippen molar-refractivity contribution in [3.8, 4) is 11.4 Å². The number of nitrogens with one attached hydrogen (secondary N) is 1. The van der Waals surface area contributed by atoms with E-state index in [0.29, 0.717) is 0 Å². The molecule has 0 amide bonds. The highest BCUT2D eigenvalue weighted by molar-refractivity contribution is 6.33. The second-order valence-electron chi connectivity index (χ2n) is 7.76. The van der Waals surface area contributed by atoms with E-state index in [1.807, 2.05) is 7.05 Å². The third-order valence-electron chi connectivity index (χ3n) is 6.05. The molecule has 0 atom stereocenters. The van der Waals surface area contributed by atoms with Crippen LogP contribution in [0.25, 0.3) is 11.4 Å². The van der Waals surface area contributed by atoms with E-state index < -0.39 is 0 Å². The Kier molecular flexibility index (Phi) is 4.37. The Morgan fingerprint density at radius 2 is 1.75 bits per heavy atom. The number of aromatic nitrogens is 3. The number of anilines is 1. The summed E-state index contributed by atoms with van der Waals surface area (Å²) in [5.41, 5.74) is 3.41. The molecule has 144 valence electrons. The molecule has 2 aromatic carbocycles. The van der Waals surface area contributed by atoms with Gasteiger partial charge in [0, 0.05) is 44.5 Å². The fourth-order valence-electron chi connectivity index (χ4n) is 4.31. The van der Waals surface area contributed by atoms with Crippen LogP contribution in [0.15, 0.2) is 48.5 Å². The summed E-state index contributed by atoms with van der Waals surface area (Å²) in [5, 5.41) is 13.2.